The molecule has 0 fully saturated rings. The van der Waals surface area contributed by atoms with Gasteiger partial charge in [-0.2, -0.15) is 0 Å². The van der Waals surface area contributed by atoms with Gasteiger partial charge in [-0.1, -0.05) is 6.07 Å². The van der Waals surface area contributed by atoms with Gasteiger partial charge in [-0.05, 0) is 44.5 Å². The van der Waals surface area contributed by atoms with Crippen LogP contribution in [0.25, 0.3) is 0 Å². The molecule has 0 spiro atoms. The summed E-state index contributed by atoms with van der Waals surface area (Å²) in [5.41, 5.74) is 1.20. The van der Waals surface area contributed by atoms with Gasteiger partial charge in [0.05, 0.1) is 13.7 Å². The fourth-order valence-corrected chi connectivity index (χ4v) is 1.78. The van der Waals surface area contributed by atoms with Gasteiger partial charge >= 0.3 is 0 Å². The lowest BCUT2D eigenvalue weighted by Gasteiger charge is -2.11. The third kappa shape index (κ3) is 6.98. The highest BCUT2D eigenvalue weighted by molar-refractivity contribution is 5.85. The molecule has 116 valence electrons. The van der Waals surface area contributed by atoms with Crippen LogP contribution < -0.4 is 14.8 Å². The van der Waals surface area contributed by atoms with Crippen LogP contribution in [0.4, 0.5) is 0 Å². The molecule has 0 saturated carbocycles. The van der Waals surface area contributed by atoms with Gasteiger partial charge in [0.25, 0.3) is 0 Å². The van der Waals surface area contributed by atoms with Gasteiger partial charge in [0.2, 0.25) is 0 Å². The average Bonchev–Trinajstić information content (AvgIpc) is 2.43. The number of rotatable bonds is 10. The van der Waals surface area contributed by atoms with Crippen LogP contribution in [0, 0.1) is 0 Å². The average molecular weight is 304 g/mol. The zero-order valence-electron chi connectivity index (χ0n) is 12.6. The molecule has 5 heteroatoms. The van der Waals surface area contributed by atoms with Gasteiger partial charge in [-0.25, -0.2) is 0 Å². The Hall–Kier alpha value is -0.970. The smallest absolute Gasteiger partial charge is 0.161 e. The van der Waals surface area contributed by atoms with Crippen molar-refractivity contribution in [1.82, 2.24) is 5.32 Å². The Labute approximate surface area is 128 Å². The minimum absolute atomic E-state index is 0. The molecule has 0 aromatic heterocycles. The molecule has 1 aromatic carbocycles. The lowest BCUT2D eigenvalue weighted by Crippen LogP contribution is -2.16. The van der Waals surface area contributed by atoms with Crippen LogP contribution >= 0.6 is 12.4 Å². The third-order valence-electron chi connectivity index (χ3n) is 2.70. The highest BCUT2D eigenvalue weighted by Crippen LogP contribution is 2.27. The monoisotopic (exact) mass is 303 g/mol. The SMILES string of the molecule is CCOCCCNCc1ccc(OC)c(OCC)c1.Cl. The van der Waals surface area contributed by atoms with Gasteiger partial charge in [0, 0.05) is 19.8 Å². The van der Waals surface area contributed by atoms with Crippen molar-refractivity contribution in [3.8, 4) is 11.5 Å². The zero-order chi connectivity index (χ0) is 13.9. The number of benzene rings is 1. The maximum absolute atomic E-state index is 5.56. The third-order valence-corrected chi connectivity index (χ3v) is 2.70. The Morgan fingerprint density at radius 3 is 2.55 bits per heavy atom. The van der Waals surface area contributed by atoms with Gasteiger partial charge in [-0.15, -0.1) is 12.4 Å². The van der Waals surface area contributed by atoms with Gasteiger partial charge in [-0.3, -0.25) is 0 Å². The van der Waals surface area contributed by atoms with E-state index in [-0.39, 0.29) is 12.4 Å². The molecule has 4 nitrogen and oxygen atoms in total. The number of nitrogens with one attached hydrogen (secondary N) is 1. The molecule has 0 aliphatic rings. The topological polar surface area (TPSA) is 39.7 Å². The molecule has 0 saturated heterocycles. The van der Waals surface area contributed by atoms with E-state index < -0.39 is 0 Å². The number of halogens is 1. The van der Waals surface area contributed by atoms with Crippen molar-refractivity contribution in [3.63, 3.8) is 0 Å². The summed E-state index contributed by atoms with van der Waals surface area (Å²) >= 11 is 0. The van der Waals surface area contributed by atoms with E-state index in [2.05, 4.69) is 11.4 Å². The first-order valence-corrected chi connectivity index (χ1v) is 6.90. The summed E-state index contributed by atoms with van der Waals surface area (Å²) in [4.78, 5) is 0. The Morgan fingerprint density at radius 1 is 1.10 bits per heavy atom. The van der Waals surface area contributed by atoms with E-state index in [1.807, 2.05) is 26.0 Å². The van der Waals surface area contributed by atoms with E-state index in [9.17, 15) is 0 Å². The van der Waals surface area contributed by atoms with Crippen molar-refractivity contribution >= 4 is 12.4 Å². The fraction of sp³-hybridized carbons (Fsp3) is 0.600. The molecule has 0 atom stereocenters. The number of ether oxygens (including phenoxy) is 3. The molecule has 0 aliphatic heterocycles. The molecule has 1 rings (SSSR count). The molecule has 0 aliphatic carbocycles. The lowest BCUT2D eigenvalue weighted by atomic mass is 10.2. The summed E-state index contributed by atoms with van der Waals surface area (Å²) in [6, 6.07) is 6.02. The largest absolute Gasteiger partial charge is 0.493 e. The molecule has 0 bridgehead atoms. The number of hydrogen-bond donors (Lipinski definition) is 1. The van der Waals surface area contributed by atoms with E-state index in [4.69, 9.17) is 14.2 Å². The summed E-state index contributed by atoms with van der Waals surface area (Å²) < 4.78 is 16.1. The molecule has 1 N–H and O–H groups in total. The van der Waals surface area contributed by atoms with Crippen molar-refractivity contribution in [1.29, 1.82) is 0 Å². The molecule has 1 aromatic rings. The molecule has 0 unspecified atom stereocenters. The van der Waals surface area contributed by atoms with E-state index in [0.29, 0.717) is 6.61 Å². The van der Waals surface area contributed by atoms with Crippen molar-refractivity contribution in [2.24, 2.45) is 0 Å². The molecular formula is C15H26ClNO3. The van der Waals surface area contributed by atoms with Gasteiger partial charge in [0.15, 0.2) is 11.5 Å². The number of hydrogen-bond acceptors (Lipinski definition) is 4. The second kappa shape index (κ2) is 11.8. The van der Waals surface area contributed by atoms with E-state index in [1.54, 1.807) is 7.11 Å². The van der Waals surface area contributed by atoms with E-state index >= 15 is 0 Å². The van der Waals surface area contributed by atoms with Crippen molar-refractivity contribution in [2.75, 3.05) is 33.5 Å². The summed E-state index contributed by atoms with van der Waals surface area (Å²) in [5.74, 6) is 1.58. The van der Waals surface area contributed by atoms with E-state index in [1.165, 1.54) is 5.56 Å². The standard InChI is InChI=1S/C15H25NO3.ClH/c1-4-18-10-6-9-16-12-13-7-8-14(17-3)15(11-13)19-5-2;/h7-8,11,16H,4-6,9-10,12H2,1-3H3;1H. The first kappa shape index (κ1) is 19.0. The minimum Gasteiger partial charge on any atom is -0.493 e. The molecule has 0 amide bonds. The summed E-state index contributed by atoms with van der Waals surface area (Å²) in [6.45, 7) is 8.01. The fourth-order valence-electron chi connectivity index (χ4n) is 1.78. The van der Waals surface area contributed by atoms with Gasteiger partial charge < -0.3 is 19.5 Å². The molecule has 20 heavy (non-hydrogen) atoms. The first-order valence-electron chi connectivity index (χ1n) is 6.90. The van der Waals surface area contributed by atoms with Crippen LogP contribution in [0.15, 0.2) is 18.2 Å². The van der Waals surface area contributed by atoms with Crippen LogP contribution in [-0.4, -0.2) is 33.5 Å². The van der Waals surface area contributed by atoms with Crippen LogP contribution in [0.5, 0.6) is 11.5 Å². The van der Waals surface area contributed by atoms with Crippen LogP contribution in [-0.2, 0) is 11.3 Å². The Bertz CT molecular complexity index is 361. The zero-order valence-corrected chi connectivity index (χ0v) is 13.4. The normalized spacial score (nSPS) is 9.95. The molecule has 0 radical (unpaired) electrons. The van der Waals surface area contributed by atoms with Gasteiger partial charge in [0.1, 0.15) is 0 Å². The van der Waals surface area contributed by atoms with Crippen molar-refractivity contribution in [2.45, 2.75) is 26.8 Å². The Kier molecular flexibility index (Phi) is 11.3. The lowest BCUT2D eigenvalue weighted by molar-refractivity contribution is 0.144. The van der Waals surface area contributed by atoms with Crippen LogP contribution in [0.3, 0.4) is 0 Å². The van der Waals surface area contributed by atoms with Crippen LogP contribution in [0.1, 0.15) is 25.8 Å². The van der Waals surface area contributed by atoms with Crippen molar-refractivity contribution < 1.29 is 14.2 Å². The molecular weight excluding hydrogens is 278 g/mol. The van der Waals surface area contributed by atoms with Crippen molar-refractivity contribution in [3.05, 3.63) is 23.8 Å². The highest BCUT2D eigenvalue weighted by atomic mass is 35.5. The summed E-state index contributed by atoms with van der Waals surface area (Å²) in [6.07, 6.45) is 1.03. The minimum atomic E-state index is 0. The number of methoxy groups -OCH3 is 1. The first-order chi connectivity index (χ1) is 9.31. The summed E-state index contributed by atoms with van der Waals surface area (Å²) in [5, 5.41) is 3.39. The van der Waals surface area contributed by atoms with E-state index in [0.717, 1.165) is 44.2 Å². The Morgan fingerprint density at radius 2 is 1.90 bits per heavy atom. The second-order valence-corrected chi connectivity index (χ2v) is 4.15. The van der Waals surface area contributed by atoms with Crippen LogP contribution in [0.2, 0.25) is 0 Å². The predicted octanol–water partition coefficient (Wildman–Crippen LogP) is 3.03. The predicted molar refractivity (Wildman–Crippen MR) is 84.2 cm³/mol. The molecule has 0 heterocycles. The maximum atomic E-state index is 5.56. The maximum Gasteiger partial charge on any atom is 0.161 e. The quantitative estimate of drug-likeness (QED) is 0.675. The second-order valence-electron chi connectivity index (χ2n) is 4.15. The Balaban J connectivity index is 0.00000361. The summed E-state index contributed by atoms with van der Waals surface area (Å²) in [7, 11) is 1.66. The highest BCUT2D eigenvalue weighted by Gasteiger charge is 2.04.